The molecular formula is C11H13NO3. The normalized spacial score (nSPS) is 15.5. The molecular weight excluding hydrogens is 194 g/mol. The van der Waals surface area contributed by atoms with E-state index in [1.165, 1.54) is 0 Å². The van der Waals surface area contributed by atoms with E-state index in [0.29, 0.717) is 25.3 Å². The Hall–Kier alpha value is -1.55. The molecule has 15 heavy (non-hydrogen) atoms. The Morgan fingerprint density at radius 2 is 2.20 bits per heavy atom. The van der Waals surface area contributed by atoms with Crippen molar-refractivity contribution in [3.63, 3.8) is 0 Å². The fraction of sp³-hybridized carbons (Fsp3) is 0.364. The Labute approximate surface area is 88.1 Å². The van der Waals surface area contributed by atoms with Crippen molar-refractivity contribution >= 4 is 11.6 Å². The van der Waals surface area contributed by atoms with E-state index < -0.39 is 0 Å². The van der Waals surface area contributed by atoms with Crippen LogP contribution in [0.1, 0.15) is 6.42 Å². The maximum Gasteiger partial charge on any atom is 0.230 e. The molecule has 2 rings (SSSR count). The van der Waals surface area contributed by atoms with Gasteiger partial charge in [0.2, 0.25) is 5.91 Å². The first-order chi connectivity index (χ1) is 7.33. The lowest BCUT2D eigenvalue weighted by molar-refractivity contribution is -0.118. The third kappa shape index (κ3) is 1.94. The third-order valence-electron chi connectivity index (χ3n) is 2.35. The van der Waals surface area contributed by atoms with Gasteiger partial charge in [0.05, 0.1) is 25.3 Å². The van der Waals surface area contributed by atoms with Gasteiger partial charge in [-0.15, -0.1) is 0 Å². The maximum absolute atomic E-state index is 11.7. The predicted octanol–water partition coefficient (Wildman–Crippen LogP) is 0.794. The summed E-state index contributed by atoms with van der Waals surface area (Å²) >= 11 is 0. The summed E-state index contributed by atoms with van der Waals surface area (Å²) in [7, 11) is 0. The highest BCUT2D eigenvalue weighted by atomic mass is 16.5. The van der Waals surface area contributed by atoms with Crippen LogP contribution in [0.15, 0.2) is 24.3 Å². The molecule has 0 radical (unpaired) electrons. The van der Waals surface area contributed by atoms with Crippen LogP contribution in [0.4, 0.5) is 5.69 Å². The van der Waals surface area contributed by atoms with E-state index in [2.05, 4.69) is 0 Å². The van der Waals surface area contributed by atoms with E-state index in [1.54, 1.807) is 4.90 Å². The number of carbonyl (C=O) groups is 1. The van der Waals surface area contributed by atoms with Gasteiger partial charge in [-0.2, -0.15) is 0 Å². The highest BCUT2D eigenvalue weighted by Gasteiger charge is 2.21. The molecule has 0 fully saturated rings. The average Bonchev–Trinajstić information content (AvgIpc) is 2.40. The summed E-state index contributed by atoms with van der Waals surface area (Å²) in [6, 6.07) is 7.38. The Bertz CT molecular complexity index is 365. The summed E-state index contributed by atoms with van der Waals surface area (Å²) in [6.45, 7) is 0.678. The number of amides is 1. The van der Waals surface area contributed by atoms with Crippen LogP contribution in [0.25, 0.3) is 0 Å². The van der Waals surface area contributed by atoms with Crippen molar-refractivity contribution in [2.24, 2.45) is 0 Å². The lowest BCUT2D eigenvalue weighted by Crippen LogP contribution is -2.32. The number of aliphatic hydroxyl groups is 1. The second kappa shape index (κ2) is 4.31. The number of carbonyl (C=O) groups excluding carboxylic acids is 1. The molecule has 1 aliphatic rings. The lowest BCUT2D eigenvalue weighted by atomic mass is 10.2. The minimum absolute atomic E-state index is 0.00556. The molecule has 80 valence electrons. The van der Waals surface area contributed by atoms with Gasteiger partial charge in [-0.25, -0.2) is 0 Å². The van der Waals surface area contributed by atoms with Gasteiger partial charge in [-0.05, 0) is 12.1 Å². The predicted molar refractivity (Wildman–Crippen MR) is 56.0 cm³/mol. The average molecular weight is 207 g/mol. The zero-order chi connectivity index (χ0) is 10.7. The smallest absolute Gasteiger partial charge is 0.230 e. The first kappa shape index (κ1) is 9.98. The number of fused-ring (bicyclic) bond motifs is 1. The highest BCUT2D eigenvalue weighted by Crippen LogP contribution is 2.30. The van der Waals surface area contributed by atoms with Crippen LogP contribution >= 0.6 is 0 Å². The number of aliphatic hydroxyl groups excluding tert-OH is 1. The van der Waals surface area contributed by atoms with Gasteiger partial charge in [0.25, 0.3) is 0 Å². The number of rotatable bonds is 2. The molecule has 0 spiro atoms. The maximum atomic E-state index is 11.7. The molecule has 0 atom stereocenters. The summed E-state index contributed by atoms with van der Waals surface area (Å²) in [5.41, 5.74) is 0.744. The molecule has 1 heterocycles. The standard InChI is InChI=1S/C11H13NO3/c13-7-6-12-9-3-1-2-4-10(9)15-8-5-11(12)14/h1-4,13H,5-8H2. The summed E-state index contributed by atoms with van der Waals surface area (Å²) in [6.07, 6.45) is 0.356. The van der Waals surface area contributed by atoms with Crippen molar-refractivity contribution in [1.29, 1.82) is 0 Å². The van der Waals surface area contributed by atoms with E-state index in [0.717, 1.165) is 5.69 Å². The molecule has 0 aliphatic carbocycles. The molecule has 1 N–H and O–H groups in total. The Balaban J connectivity index is 2.38. The molecule has 4 heteroatoms. The van der Waals surface area contributed by atoms with Crippen LogP contribution in [0.5, 0.6) is 5.75 Å². The van der Waals surface area contributed by atoms with Gasteiger partial charge in [0, 0.05) is 6.54 Å². The fourth-order valence-electron chi connectivity index (χ4n) is 1.66. The molecule has 4 nitrogen and oxygen atoms in total. The van der Waals surface area contributed by atoms with E-state index in [4.69, 9.17) is 9.84 Å². The van der Waals surface area contributed by atoms with E-state index in [-0.39, 0.29) is 12.5 Å². The monoisotopic (exact) mass is 207 g/mol. The summed E-state index contributed by atoms with van der Waals surface area (Å²) in [4.78, 5) is 13.3. The number of para-hydroxylation sites is 2. The molecule has 1 amide bonds. The Kier molecular flexibility index (Phi) is 2.87. The number of anilines is 1. The van der Waals surface area contributed by atoms with Crippen molar-refractivity contribution in [2.45, 2.75) is 6.42 Å². The molecule has 0 bridgehead atoms. The van der Waals surface area contributed by atoms with Crippen LogP contribution in [-0.2, 0) is 4.79 Å². The zero-order valence-electron chi connectivity index (χ0n) is 8.35. The Morgan fingerprint density at radius 1 is 1.40 bits per heavy atom. The minimum atomic E-state index is -0.0416. The number of hydrogen-bond acceptors (Lipinski definition) is 3. The second-order valence-electron chi connectivity index (χ2n) is 3.34. The lowest BCUT2D eigenvalue weighted by Gasteiger charge is -2.20. The van der Waals surface area contributed by atoms with Crippen LogP contribution in [0.3, 0.4) is 0 Å². The molecule has 0 unspecified atom stereocenters. The minimum Gasteiger partial charge on any atom is -0.491 e. The largest absolute Gasteiger partial charge is 0.491 e. The quantitative estimate of drug-likeness (QED) is 0.780. The summed E-state index contributed by atoms with van der Waals surface area (Å²) < 4.78 is 5.45. The summed E-state index contributed by atoms with van der Waals surface area (Å²) in [5, 5.41) is 8.92. The van der Waals surface area contributed by atoms with Crippen molar-refractivity contribution in [3.05, 3.63) is 24.3 Å². The van der Waals surface area contributed by atoms with Gasteiger partial charge >= 0.3 is 0 Å². The molecule has 1 aromatic carbocycles. The fourth-order valence-corrected chi connectivity index (χ4v) is 1.66. The second-order valence-corrected chi connectivity index (χ2v) is 3.34. The van der Waals surface area contributed by atoms with E-state index >= 15 is 0 Å². The number of nitrogens with zero attached hydrogens (tertiary/aromatic N) is 1. The number of benzene rings is 1. The molecule has 0 saturated carbocycles. The van der Waals surface area contributed by atoms with E-state index in [1.807, 2.05) is 24.3 Å². The SMILES string of the molecule is O=C1CCOc2ccccc2N1CCO. The van der Waals surface area contributed by atoms with Gasteiger partial charge in [0.15, 0.2) is 0 Å². The van der Waals surface area contributed by atoms with Gasteiger partial charge in [0.1, 0.15) is 5.75 Å². The number of hydrogen-bond donors (Lipinski definition) is 1. The Morgan fingerprint density at radius 3 is 3.00 bits per heavy atom. The molecule has 0 saturated heterocycles. The van der Waals surface area contributed by atoms with Crippen LogP contribution in [0.2, 0.25) is 0 Å². The number of β-amino-alcohol motifs (C(OH)–C–C–N with tert-alkyl or cyclic N) is 1. The first-order valence-corrected chi connectivity index (χ1v) is 4.96. The molecule has 1 aromatic rings. The summed E-state index contributed by atoms with van der Waals surface area (Å²) in [5.74, 6) is 0.700. The van der Waals surface area contributed by atoms with Crippen molar-refractivity contribution in [3.8, 4) is 5.75 Å². The highest BCUT2D eigenvalue weighted by molar-refractivity contribution is 5.95. The van der Waals surface area contributed by atoms with Gasteiger partial charge in [-0.3, -0.25) is 4.79 Å². The van der Waals surface area contributed by atoms with Crippen molar-refractivity contribution in [1.82, 2.24) is 0 Å². The third-order valence-corrected chi connectivity index (χ3v) is 2.35. The van der Waals surface area contributed by atoms with Crippen LogP contribution in [-0.4, -0.2) is 30.8 Å². The number of ether oxygens (including phenoxy) is 1. The first-order valence-electron chi connectivity index (χ1n) is 4.96. The zero-order valence-corrected chi connectivity index (χ0v) is 8.35. The van der Waals surface area contributed by atoms with Crippen LogP contribution in [0, 0.1) is 0 Å². The topological polar surface area (TPSA) is 49.8 Å². The van der Waals surface area contributed by atoms with E-state index in [9.17, 15) is 4.79 Å². The van der Waals surface area contributed by atoms with Crippen molar-refractivity contribution in [2.75, 3.05) is 24.7 Å². The molecule has 1 aliphatic heterocycles. The molecule has 0 aromatic heterocycles. The van der Waals surface area contributed by atoms with Crippen LogP contribution < -0.4 is 9.64 Å². The van der Waals surface area contributed by atoms with Gasteiger partial charge < -0.3 is 14.7 Å². The van der Waals surface area contributed by atoms with Crippen molar-refractivity contribution < 1.29 is 14.6 Å². The van der Waals surface area contributed by atoms with Gasteiger partial charge in [-0.1, -0.05) is 12.1 Å².